The molecular weight excluding hydrogens is 617 g/mol. The number of aliphatic hydroxyl groups is 1. The number of ether oxygens (including phenoxy) is 1. The normalized spacial score (nSPS) is 21.7. The zero-order valence-corrected chi connectivity index (χ0v) is 30.5. The van der Waals surface area contributed by atoms with Crippen LogP contribution in [0.1, 0.15) is 98.8 Å². The molecule has 1 fully saturated rings. The maximum atomic E-state index is 16.9. The fraction of sp³-hybridized carbons (Fsp3) is 0.541. The third kappa shape index (κ3) is 7.74. The van der Waals surface area contributed by atoms with Crippen LogP contribution in [0.2, 0.25) is 0 Å². The Balaban J connectivity index is 0.000000784. The summed E-state index contributed by atoms with van der Waals surface area (Å²) in [5, 5.41) is 21.4. The van der Waals surface area contributed by atoms with E-state index in [1.54, 1.807) is 20.0 Å². The fourth-order valence-corrected chi connectivity index (χ4v) is 6.63. The van der Waals surface area contributed by atoms with E-state index in [2.05, 4.69) is 36.8 Å². The monoisotopic (exact) mass is 667 g/mol. The molecule has 5 rings (SSSR count). The lowest BCUT2D eigenvalue weighted by molar-refractivity contribution is 0.0443. The summed E-state index contributed by atoms with van der Waals surface area (Å²) in [5.74, 6) is 0.389. The predicted octanol–water partition coefficient (Wildman–Crippen LogP) is 8.88. The first-order valence-electron chi connectivity index (χ1n) is 16.6. The van der Waals surface area contributed by atoms with Gasteiger partial charge in [-0.05, 0) is 49.8 Å². The van der Waals surface area contributed by atoms with Crippen LogP contribution < -0.4 is 10.6 Å². The highest BCUT2D eigenvalue weighted by Crippen LogP contribution is 2.48. The average Bonchev–Trinajstić information content (AvgIpc) is 3.66. The number of halogens is 2. The van der Waals surface area contributed by atoms with E-state index in [-0.39, 0.29) is 46.4 Å². The number of thioether (sulfide) groups is 1. The molecule has 0 radical (unpaired) electrons. The van der Waals surface area contributed by atoms with Gasteiger partial charge < -0.3 is 20.5 Å². The summed E-state index contributed by atoms with van der Waals surface area (Å²) in [5.41, 5.74) is 9.16. The summed E-state index contributed by atoms with van der Waals surface area (Å²) >= 11 is 1.20. The Morgan fingerprint density at radius 2 is 1.94 bits per heavy atom. The second kappa shape index (κ2) is 16.2. The summed E-state index contributed by atoms with van der Waals surface area (Å²) in [6, 6.07) is 2.17. The Hall–Kier alpha value is -3.26. The molecule has 3 aliphatic heterocycles. The van der Waals surface area contributed by atoms with E-state index >= 15 is 8.78 Å². The number of nitrogens with zero attached hydrogens (tertiary/aromatic N) is 4. The standard InChI is InChI=1S/C30H33F2N5O2S.C5H12.C2H6/c1-6-15(3)23(25-17(8-33)22(34)13-40-28(25)21(31)7-2)24-20-12-39-11-19(20)18-9-35-29(36-27(18)26(24)32)37-10-16(4)30(5,38)14-37;1-4-5(2)3;1-2/h7,9,16,38H,6,10-14,34H2,1-5H3;5H,4H2,1-3H3;1-2H3/b21-7+,23-15+;;. The fourth-order valence-electron chi connectivity index (χ4n) is 5.59. The Bertz CT molecular complexity index is 1650. The summed E-state index contributed by atoms with van der Waals surface area (Å²) < 4.78 is 38.1. The van der Waals surface area contributed by atoms with Gasteiger partial charge in [0.2, 0.25) is 5.95 Å². The van der Waals surface area contributed by atoms with Gasteiger partial charge in [-0.1, -0.05) is 66.5 Å². The number of allylic oxidation sites excluding steroid dienone is 6. The first kappa shape index (κ1) is 38.2. The predicted molar refractivity (Wildman–Crippen MR) is 191 cm³/mol. The minimum atomic E-state index is -0.916. The molecule has 0 amide bonds. The summed E-state index contributed by atoms with van der Waals surface area (Å²) in [4.78, 5) is 11.3. The SMILES string of the molecule is C/C=C(/F)C1=C(/C(=C(\C)CC)c2c3c(c4cnc(N5CC(C)C(C)(O)C5)nc4c2F)COC3)C(C#N)=C(N)CS1.CC.CCC(C)C. The van der Waals surface area contributed by atoms with Gasteiger partial charge in [0, 0.05) is 53.2 Å². The smallest absolute Gasteiger partial charge is 0.226 e. The number of benzene rings is 1. The third-order valence-corrected chi connectivity index (χ3v) is 10.2. The Kier molecular flexibility index (Phi) is 13.2. The third-order valence-electron chi connectivity index (χ3n) is 9.06. The van der Waals surface area contributed by atoms with Gasteiger partial charge in [-0.15, -0.1) is 11.8 Å². The molecule has 0 saturated carbocycles. The van der Waals surface area contributed by atoms with Gasteiger partial charge in [-0.25, -0.2) is 18.7 Å². The van der Waals surface area contributed by atoms with E-state index in [0.29, 0.717) is 53.3 Å². The molecule has 0 bridgehead atoms. The molecule has 10 heteroatoms. The number of nitriles is 1. The van der Waals surface area contributed by atoms with Crippen molar-refractivity contribution >= 4 is 34.2 Å². The molecule has 7 nitrogen and oxygen atoms in total. The van der Waals surface area contributed by atoms with Gasteiger partial charge in [-0.2, -0.15) is 5.26 Å². The highest BCUT2D eigenvalue weighted by atomic mass is 32.2. The van der Waals surface area contributed by atoms with Gasteiger partial charge in [0.25, 0.3) is 0 Å². The number of fused-ring (bicyclic) bond motifs is 3. The van der Waals surface area contributed by atoms with Crippen molar-refractivity contribution in [1.29, 1.82) is 5.26 Å². The van der Waals surface area contributed by atoms with Crippen LogP contribution in [0.4, 0.5) is 14.7 Å². The maximum Gasteiger partial charge on any atom is 0.226 e. The van der Waals surface area contributed by atoms with Crippen LogP contribution in [0.15, 0.2) is 45.4 Å². The Morgan fingerprint density at radius 1 is 1.30 bits per heavy atom. The molecule has 256 valence electrons. The topological polar surface area (TPSA) is 108 Å². The number of rotatable bonds is 6. The minimum Gasteiger partial charge on any atom is -0.400 e. The lowest BCUT2D eigenvalue weighted by Gasteiger charge is -2.26. The molecule has 47 heavy (non-hydrogen) atoms. The molecule has 2 unspecified atom stereocenters. The molecule has 2 aromatic rings. The van der Waals surface area contributed by atoms with E-state index in [1.807, 2.05) is 39.5 Å². The van der Waals surface area contributed by atoms with Crippen molar-refractivity contribution < 1.29 is 18.6 Å². The van der Waals surface area contributed by atoms with Crippen LogP contribution in [0.5, 0.6) is 0 Å². The first-order chi connectivity index (χ1) is 22.3. The van der Waals surface area contributed by atoms with Crippen LogP contribution in [0.25, 0.3) is 16.5 Å². The molecule has 0 aliphatic carbocycles. The summed E-state index contributed by atoms with van der Waals surface area (Å²) in [6.45, 7) is 21.0. The van der Waals surface area contributed by atoms with E-state index < -0.39 is 17.2 Å². The van der Waals surface area contributed by atoms with Crippen molar-refractivity contribution in [3.05, 3.63) is 67.9 Å². The number of anilines is 1. The molecule has 1 saturated heterocycles. The molecule has 3 aliphatic rings. The van der Waals surface area contributed by atoms with E-state index in [0.717, 1.165) is 17.1 Å². The number of aromatic nitrogens is 2. The molecule has 1 aromatic carbocycles. The van der Waals surface area contributed by atoms with E-state index in [4.69, 9.17) is 10.5 Å². The van der Waals surface area contributed by atoms with Gasteiger partial charge in [-0.3, -0.25) is 0 Å². The molecular formula is C37H51F2N5O2S. The zero-order chi connectivity index (χ0) is 35.2. The van der Waals surface area contributed by atoms with Crippen LogP contribution >= 0.6 is 11.8 Å². The lowest BCUT2D eigenvalue weighted by Crippen LogP contribution is -2.33. The number of nitrogens with two attached hydrogens (primary N) is 1. The maximum absolute atomic E-state index is 16.9. The van der Waals surface area contributed by atoms with Crippen LogP contribution in [0.3, 0.4) is 0 Å². The largest absolute Gasteiger partial charge is 0.400 e. The second-order valence-electron chi connectivity index (χ2n) is 12.7. The van der Waals surface area contributed by atoms with E-state index in [9.17, 15) is 10.4 Å². The van der Waals surface area contributed by atoms with Crippen LogP contribution in [-0.4, -0.2) is 39.5 Å². The van der Waals surface area contributed by atoms with Gasteiger partial charge in [0.05, 0.1) is 29.3 Å². The van der Waals surface area contributed by atoms with Gasteiger partial charge >= 0.3 is 0 Å². The average molecular weight is 668 g/mol. The molecule has 0 spiro atoms. The Labute approximate surface area is 283 Å². The zero-order valence-electron chi connectivity index (χ0n) is 29.6. The number of β-amino-alcohol motifs (C(OH)–C–C–N with tert-alkyl or cyclic N) is 1. The van der Waals surface area contributed by atoms with Crippen molar-refractivity contribution in [2.45, 2.75) is 101 Å². The second-order valence-corrected chi connectivity index (χ2v) is 13.6. The summed E-state index contributed by atoms with van der Waals surface area (Å²) in [7, 11) is 0. The van der Waals surface area contributed by atoms with Crippen molar-refractivity contribution in [3.63, 3.8) is 0 Å². The van der Waals surface area contributed by atoms with Gasteiger partial charge in [0.15, 0.2) is 5.82 Å². The molecule has 1 aromatic heterocycles. The highest BCUT2D eigenvalue weighted by Gasteiger charge is 2.40. The Morgan fingerprint density at radius 3 is 2.47 bits per heavy atom. The molecule has 4 heterocycles. The molecule has 2 atom stereocenters. The van der Waals surface area contributed by atoms with Crippen molar-refractivity contribution in [3.8, 4) is 6.07 Å². The quantitative estimate of drug-likeness (QED) is 0.315. The van der Waals surface area contributed by atoms with Crippen molar-refractivity contribution in [1.82, 2.24) is 9.97 Å². The lowest BCUT2D eigenvalue weighted by atomic mass is 9.83. The number of hydrogen-bond donors (Lipinski definition) is 2. The number of hydrogen-bond acceptors (Lipinski definition) is 8. The van der Waals surface area contributed by atoms with Crippen LogP contribution in [0, 0.1) is 29.0 Å². The summed E-state index contributed by atoms with van der Waals surface area (Å²) in [6.07, 6.45) is 4.80. The van der Waals surface area contributed by atoms with Gasteiger partial charge in [0.1, 0.15) is 17.4 Å². The molecule has 3 N–H and O–H groups in total. The first-order valence-corrected chi connectivity index (χ1v) is 17.6. The van der Waals surface area contributed by atoms with Crippen molar-refractivity contribution in [2.24, 2.45) is 17.6 Å². The minimum absolute atomic E-state index is 0.0142. The van der Waals surface area contributed by atoms with E-state index in [1.165, 1.54) is 24.3 Å². The highest BCUT2D eigenvalue weighted by molar-refractivity contribution is 8.03. The van der Waals surface area contributed by atoms with Crippen LogP contribution in [-0.2, 0) is 18.0 Å². The van der Waals surface area contributed by atoms with Crippen molar-refractivity contribution in [2.75, 3.05) is 23.7 Å².